The van der Waals surface area contributed by atoms with Crippen molar-refractivity contribution in [1.29, 1.82) is 0 Å². The fourth-order valence-electron chi connectivity index (χ4n) is 6.66. The van der Waals surface area contributed by atoms with Crippen molar-refractivity contribution in [1.82, 2.24) is 24.4 Å². The second-order valence-electron chi connectivity index (χ2n) is 12.3. The quantitative estimate of drug-likeness (QED) is 0.292. The predicted octanol–water partition coefficient (Wildman–Crippen LogP) is 4.12. The molecule has 0 atom stereocenters. The van der Waals surface area contributed by atoms with Crippen LogP contribution < -0.4 is 10.9 Å². The zero-order valence-corrected chi connectivity index (χ0v) is 23.4. The third-order valence-electron chi connectivity index (χ3n) is 9.40. The summed E-state index contributed by atoms with van der Waals surface area (Å²) in [6.45, 7) is 3.12. The molecule has 4 heterocycles. The van der Waals surface area contributed by atoms with Crippen LogP contribution in [0.2, 0.25) is 0 Å². The van der Waals surface area contributed by atoms with Gasteiger partial charge in [-0.15, -0.1) is 0 Å². The number of aliphatic hydroxyl groups is 2. The molecule has 3 aromatic heterocycles. The molecule has 1 aliphatic heterocycles. The van der Waals surface area contributed by atoms with E-state index < -0.39 is 5.60 Å². The number of aromatic nitrogens is 4. The minimum Gasteiger partial charge on any atom is -0.393 e. The lowest BCUT2D eigenvalue weighted by Gasteiger charge is -2.38. The Bertz CT molecular complexity index is 1600. The van der Waals surface area contributed by atoms with Gasteiger partial charge in [0, 0.05) is 61.6 Å². The smallest absolute Gasteiger partial charge is 0.260 e. The normalized spacial score (nSPS) is 23.2. The highest BCUT2D eigenvalue weighted by molar-refractivity contribution is 6.04. The second kappa shape index (κ2) is 10.8. The van der Waals surface area contributed by atoms with E-state index in [4.69, 9.17) is 4.98 Å². The number of anilines is 1. The average Bonchev–Trinajstić information content (AvgIpc) is 3.84. The van der Waals surface area contributed by atoms with E-state index in [0.717, 1.165) is 60.9 Å². The molecule has 1 saturated heterocycles. The molecular weight excluding hydrogens is 516 g/mol. The maximum absolute atomic E-state index is 14.2. The molecule has 41 heavy (non-hydrogen) atoms. The summed E-state index contributed by atoms with van der Waals surface area (Å²) in [5, 5.41) is 27.2. The van der Waals surface area contributed by atoms with Gasteiger partial charge < -0.3 is 15.5 Å². The summed E-state index contributed by atoms with van der Waals surface area (Å²) in [4.78, 5) is 30.1. The SMILES string of the molecule is O=c1c2cc(CN3CCC(O)(c4ccncc4)CC3)ccc2c2cnc(NCC3CC3)nc2n1C1CCC(O)CC1. The van der Waals surface area contributed by atoms with Crippen molar-refractivity contribution in [3.8, 4) is 0 Å². The number of likely N-dealkylation sites (tertiary alicyclic amines) is 1. The Kier molecular flexibility index (Phi) is 6.97. The number of nitrogens with one attached hydrogen (secondary N) is 1. The van der Waals surface area contributed by atoms with Crippen molar-refractivity contribution in [2.45, 2.75) is 75.7 Å². The van der Waals surface area contributed by atoms with Gasteiger partial charge in [0.25, 0.3) is 5.56 Å². The number of benzene rings is 1. The van der Waals surface area contributed by atoms with Gasteiger partial charge in [-0.3, -0.25) is 19.2 Å². The standard InChI is InChI=1S/C32H38N6O3/c39-25-6-4-24(5-7-25)38-29-28(19-35-31(36-29)34-18-21-1-2-21)26-8-3-22(17-27(26)30(38)40)20-37-15-11-32(41,12-16-37)23-9-13-33-14-10-23/h3,8-10,13-14,17,19,21,24-25,39,41H,1-2,4-7,11-12,15-16,18,20H2,(H,34,35,36). The van der Waals surface area contributed by atoms with Crippen LogP contribution in [0.3, 0.4) is 0 Å². The van der Waals surface area contributed by atoms with Gasteiger partial charge in [0.05, 0.1) is 11.7 Å². The molecule has 1 aromatic carbocycles. The molecule has 0 amide bonds. The van der Waals surface area contributed by atoms with Crippen LogP contribution in [0, 0.1) is 5.92 Å². The number of hydrogen-bond acceptors (Lipinski definition) is 8. The number of rotatable bonds is 7. The minimum absolute atomic E-state index is 0.000552. The Hall–Kier alpha value is -3.40. The molecule has 0 bridgehead atoms. The van der Waals surface area contributed by atoms with Crippen LogP contribution in [0.4, 0.5) is 5.95 Å². The average molecular weight is 555 g/mol. The van der Waals surface area contributed by atoms with Crippen LogP contribution in [0.25, 0.3) is 21.8 Å². The molecule has 7 rings (SSSR count). The van der Waals surface area contributed by atoms with E-state index in [-0.39, 0.29) is 17.7 Å². The van der Waals surface area contributed by atoms with Crippen LogP contribution in [0.5, 0.6) is 0 Å². The fourth-order valence-corrected chi connectivity index (χ4v) is 6.66. The van der Waals surface area contributed by atoms with Crippen molar-refractivity contribution >= 4 is 27.8 Å². The van der Waals surface area contributed by atoms with E-state index in [1.54, 1.807) is 12.4 Å². The first-order valence-electron chi connectivity index (χ1n) is 15.1. The first-order valence-corrected chi connectivity index (χ1v) is 15.1. The van der Waals surface area contributed by atoms with Crippen LogP contribution in [-0.2, 0) is 12.1 Å². The zero-order valence-electron chi connectivity index (χ0n) is 23.4. The molecule has 0 unspecified atom stereocenters. The van der Waals surface area contributed by atoms with Crippen molar-refractivity contribution in [3.63, 3.8) is 0 Å². The number of piperidine rings is 1. The molecule has 0 spiro atoms. The topological polar surface area (TPSA) is 116 Å². The van der Waals surface area contributed by atoms with Crippen LogP contribution >= 0.6 is 0 Å². The van der Waals surface area contributed by atoms with Crippen molar-refractivity contribution < 1.29 is 10.2 Å². The maximum Gasteiger partial charge on any atom is 0.260 e. The molecule has 2 aliphatic carbocycles. The molecule has 9 heteroatoms. The molecular formula is C32H38N6O3. The van der Waals surface area contributed by atoms with Gasteiger partial charge in [0.15, 0.2) is 0 Å². The number of nitrogens with zero attached hydrogens (tertiary/aromatic N) is 5. The maximum atomic E-state index is 14.2. The third kappa shape index (κ3) is 5.34. The molecule has 0 radical (unpaired) electrons. The molecule has 2 saturated carbocycles. The van der Waals surface area contributed by atoms with E-state index in [2.05, 4.69) is 26.3 Å². The summed E-state index contributed by atoms with van der Waals surface area (Å²) >= 11 is 0. The highest BCUT2D eigenvalue weighted by Gasteiger charge is 2.34. The van der Waals surface area contributed by atoms with Gasteiger partial charge >= 0.3 is 0 Å². The largest absolute Gasteiger partial charge is 0.393 e. The van der Waals surface area contributed by atoms with Crippen LogP contribution in [0.1, 0.15) is 68.5 Å². The Balaban J connectivity index is 1.20. The molecule has 3 N–H and O–H groups in total. The number of aliphatic hydroxyl groups excluding tert-OH is 1. The summed E-state index contributed by atoms with van der Waals surface area (Å²) < 4.78 is 1.88. The van der Waals surface area contributed by atoms with E-state index in [0.29, 0.717) is 48.6 Å². The Morgan fingerprint density at radius 2 is 1.71 bits per heavy atom. The lowest BCUT2D eigenvalue weighted by atomic mass is 9.85. The lowest BCUT2D eigenvalue weighted by Crippen LogP contribution is -2.42. The molecule has 3 aliphatic rings. The summed E-state index contributed by atoms with van der Waals surface area (Å²) in [6, 6.07) is 9.98. The van der Waals surface area contributed by atoms with Gasteiger partial charge in [0.2, 0.25) is 5.95 Å². The summed E-state index contributed by atoms with van der Waals surface area (Å²) in [6.07, 6.45) is 11.7. The predicted molar refractivity (Wildman–Crippen MR) is 159 cm³/mol. The number of fused-ring (bicyclic) bond motifs is 3. The van der Waals surface area contributed by atoms with Gasteiger partial charge in [-0.05, 0) is 92.0 Å². The van der Waals surface area contributed by atoms with Gasteiger partial charge in [-0.25, -0.2) is 4.98 Å². The Labute approximate surface area is 239 Å². The zero-order chi connectivity index (χ0) is 28.0. The number of pyridine rings is 2. The first kappa shape index (κ1) is 26.5. The fraction of sp³-hybridized carbons (Fsp3) is 0.500. The second-order valence-corrected chi connectivity index (χ2v) is 12.3. The Morgan fingerprint density at radius 3 is 2.44 bits per heavy atom. The third-order valence-corrected chi connectivity index (χ3v) is 9.40. The van der Waals surface area contributed by atoms with E-state index in [1.807, 2.05) is 35.0 Å². The van der Waals surface area contributed by atoms with Gasteiger partial charge in [-0.1, -0.05) is 12.1 Å². The molecule has 4 aromatic rings. The summed E-state index contributed by atoms with van der Waals surface area (Å²) in [7, 11) is 0. The Morgan fingerprint density at radius 1 is 0.951 bits per heavy atom. The van der Waals surface area contributed by atoms with Crippen LogP contribution in [-0.4, -0.2) is 60.4 Å². The molecule has 9 nitrogen and oxygen atoms in total. The van der Waals surface area contributed by atoms with Crippen LogP contribution in [0.15, 0.2) is 53.7 Å². The van der Waals surface area contributed by atoms with Gasteiger partial charge in [-0.2, -0.15) is 4.98 Å². The van der Waals surface area contributed by atoms with E-state index >= 15 is 0 Å². The lowest BCUT2D eigenvalue weighted by molar-refractivity contribution is -0.0277. The summed E-state index contributed by atoms with van der Waals surface area (Å²) in [5.41, 5.74) is 1.84. The monoisotopic (exact) mass is 554 g/mol. The summed E-state index contributed by atoms with van der Waals surface area (Å²) in [5.74, 6) is 1.26. The molecule has 3 fully saturated rings. The number of hydrogen-bond donors (Lipinski definition) is 3. The van der Waals surface area contributed by atoms with E-state index in [9.17, 15) is 15.0 Å². The molecule has 214 valence electrons. The van der Waals surface area contributed by atoms with Crippen molar-refractivity contribution in [3.05, 3.63) is 70.4 Å². The minimum atomic E-state index is -0.824. The first-order chi connectivity index (χ1) is 20.0. The van der Waals surface area contributed by atoms with E-state index in [1.165, 1.54) is 12.8 Å². The highest BCUT2D eigenvalue weighted by atomic mass is 16.3. The van der Waals surface area contributed by atoms with Crippen molar-refractivity contribution in [2.24, 2.45) is 5.92 Å². The highest BCUT2D eigenvalue weighted by Crippen LogP contribution is 2.35. The van der Waals surface area contributed by atoms with Crippen molar-refractivity contribution in [2.75, 3.05) is 25.0 Å². The van der Waals surface area contributed by atoms with Gasteiger partial charge in [0.1, 0.15) is 5.65 Å².